The number of hydrogen-bond donors (Lipinski definition) is 0. The van der Waals surface area contributed by atoms with Crippen LogP contribution < -0.4 is 10.6 Å². The van der Waals surface area contributed by atoms with Crippen molar-refractivity contribution in [3.8, 4) is 0 Å². The van der Waals surface area contributed by atoms with Crippen molar-refractivity contribution >= 4 is 25.8 Å². The van der Waals surface area contributed by atoms with Crippen molar-refractivity contribution in [2.45, 2.75) is 78.3 Å². The second-order valence-corrected chi connectivity index (χ2v) is 14.2. The molecule has 0 atom stereocenters. The molecular formula is C24H36BF4P. The summed E-state index contributed by atoms with van der Waals surface area (Å²) in [7, 11) is -6.84. The van der Waals surface area contributed by atoms with Crippen LogP contribution in [-0.2, 0) is 10.8 Å². The summed E-state index contributed by atoms with van der Waals surface area (Å²) in [6.45, 7) is 20.8. The maximum absolute atomic E-state index is 9.75. The molecule has 0 aliphatic heterocycles. The molecule has 2 rings (SSSR count). The highest BCUT2D eigenvalue weighted by molar-refractivity contribution is 7.74. The highest BCUT2D eigenvalue weighted by Crippen LogP contribution is 2.47. The molecule has 0 saturated carbocycles. The van der Waals surface area contributed by atoms with Crippen molar-refractivity contribution in [2.75, 3.05) is 0 Å². The molecule has 0 aromatic heterocycles. The van der Waals surface area contributed by atoms with Crippen LogP contribution in [0.1, 0.15) is 73.4 Å². The van der Waals surface area contributed by atoms with E-state index in [2.05, 4.69) is 111 Å². The molecule has 0 heterocycles. The summed E-state index contributed by atoms with van der Waals surface area (Å²) in [6.07, 6.45) is 0. The molecule has 0 aliphatic rings. The van der Waals surface area contributed by atoms with Gasteiger partial charge in [-0.25, -0.2) is 0 Å². The first-order valence-electron chi connectivity index (χ1n) is 10.3. The molecule has 0 nitrogen and oxygen atoms in total. The summed E-state index contributed by atoms with van der Waals surface area (Å²) in [6, 6.07) is 18.8. The van der Waals surface area contributed by atoms with Crippen LogP contribution in [0.4, 0.5) is 17.3 Å². The van der Waals surface area contributed by atoms with E-state index in [0.29, 0.717) is 0 Å². The topological polar surface area (TPSA) is 0 Å². The third kappa shape index (κ3) is 8.80. The fourth-order valence-electron chi connectivity index (χ4n) is 3.31. The number of halogens is 4. The zero-order chi connectivity index (χ0) is 23.5. The lowest BCUT2D eigenvalue weighted by Gasteiger charge is -2.26. The third-order valence-electron chi connectivity index (χ3n) is 4.83. The van der Waals surface area contributed by atoms with E-state index < -0.39 is 15.2 Å². The Morgan fingerprint density at radius 2 is 0.767 bits per heavy atom. The van der Waals surface area contributed by atoms with Gasteiger partial charge in [-0.2, -0.15) is 0 Å². The van der Waals surface area contributed by atoms with E-state index in [-0.39, 0.29) is 16.0 Å². The molecule has 168 valence electrons. The summed E-state index contributed by atoms with van der Waals surface area (Å²) >= 11 is 0. The molecule has 6 heteroatoms. The van der Waals surface area contributed by atoms with Gasteiger partial charge in [-0.15, -0.1) is 0 Å². The maximum atomic E-state index is 9.75. The molecule has 2 aromatic carbocycles. The maximum Gasteiger partial charge on any atom is 0.673 e. The highest BCUT2D eigenvalue weighted by Gasteiger charge is 2.36. The van der Waals surface area contributed by atoms with Crippen LogP contribution in [0.2, 0.25) is 0 Å². The fourth-order valence-corrected chi connectivity index (χ4v) is 6.37. The Labute approximate surface area is 181 Å². The van der Waals surface area contributed by atoms with Gasteiger partial charge in [0.2, 0.25) is 0 Å². The van der Waals surface area contributed by atoms with Gasteiger partial charge in [0.1, 0.15) is 0 Å². The van der Waals surface area contributed by atoms with Crippen LogP contribution >= 0.6 is 7.92 Å². The van der Waals surface area contributed by atoms with E-state index in [1.807, 2.05) is 0 Å². The average molecular weight is 442 g/mol. The molecule has 0 N–H and O–H groups in total. The van der Waals surface area contributed by atoms with E-state index in [4.69, 9.17) is 0 Å². The lowest BCUT2D eigenvalue weighted by atomic mass is 9.87. The van der Waals surface area contributed by atoms with E-state index in [9.17, 15) is 17.3 Å². The normalized spacial score (nSPS) is 13.1. The first-order valence-corrected chi connectivity index (χ1v) is 11.8. The van der Waals surface area contributed by atoms with Crippen molar-refractivity contribution in [3.63, 3.8) is 0 Å². The minimum absolute atomic E-state index is 0.210. The van der Waals surface area contributed by atoms with Gasteiger partial charge < -0.3 is 17.3 Å². The van der Waals surface area contributed by atoms with Gasteiger partial charge in [-0.3, -0.25) is 0 Å². The van der Waals surface area contributed by atoms with Gasteiger partial charge in [0.05, 0.1) is 23.7 Å². The smallest absolute Gasteiger partial charge is 0.418 e. The van der Waals surface area contributed by atoms with Crippen LogP contribution in [0, 0.1) is 0 Å². The van der Waals surface area contributed by atoms with Crippen LogP contribution in [0.25, 0.3) is 0 Å². The van der Waals surface area contributed by atoms with Gasteiger partial charge in [0.25, 0.3) is 0 Å². The third-order valence-corrected chi connectivity index (χ3v) is 8.15. The monoisotopic (exact) mass is 442 g/mol. The number of benzene rings is 2. The molecule has 0 saturated heterocycles. The molecule has 0 fully saturated rings. The summed E-state index contributed by atoms with van der Waals surface area (Å²) in [5.41, 5.74) is 3.24. The van der Waals surface area contributed by atoms with Crippen LogP contribution in [0.3, 0.4) is 0 Å². The molecular weight excluding hydrogens is 406 g/mol. The lowest BCUT2D eigenvalue weighted by molar-refractivity contribution is 0.368. The Morgan fingerprint density at radius 3 is 0.933 bits per heavy atom. The van der Waals surface area contributed by atoms with Gasteiger partial charge in [0.15, 0.2) is 0 Å². The lowest BCUT2D eigenvalue weighted by Crippen LogP contribution is -2.27. The Hall–Kier alpha value is -1.35. The van der Waals surface area contributed by atoms with Crippen LogP contribution in [0.5, 0.6) is 0 Å². The van der Waals surface area contributed by atoms with Crippen molar-refractivity contribution in [2.24, 2.45) is 0 Å². The molecule has 0 amide bonds. The van der Waals surface area contributed by atoms with E-state index in [1.165, 1.54) is 21.7 Å². The van der Waals surface area contributed by atoms with Crippen molar-refractivity contribution < 1.29 is 17.3 Å². The standard InChI is InChI=1S/C24H35P.BF4/c1-22(2,3)18-10-14-20(15-11-18)25(24(7,8)9)21-16-12-19(13-17-21)23(4,5)6;2-1(3,4)5/h10-17H,1-9H3;/q;-1/p+1. The molecule has 0 bridgehead atoms. The Kier molecular flexibility index (Phi) is 8.39. The van der Waals surface area contributed by atoms with Crippen LogP contribution in [0.15, 0.2) is 48.5 Å². The summed E-state index contributed by atoms with van der Waals surface area (Å²) in [4.78, 5) is 0. The van der Waals surface area contributed by atoms with Gasteiger partial charge in [-0.1, -0.05) is 65.8 Å². The Morgan fingerprint density at radius 1 is 0.533 bits per heavy atom. The minimum Gasteiger partial charge on any atom is -0.418 e. The van der Waals surface area contributed by atoms with Gasteiger partial charge in [0, 0.05) is 0 Å². The van der Waals surface area contributed by atoms with Gasteiger partial charge >= 0.3 is 7.25 Å². The fraction of sp³-hybridized carbons (Fsp3) is 0.500. The van der Waals surface area contributed by atoms with Crippen molar-refractivity contribution in [3.05, 3.63) is 59.7 Å². The summed E-state index contributed by atoms with van der Waals surface area (Å²) in [5.74, 6) is 0. The first-order chi connectivity index (χ1) is 13.3. The molecule has 0 radical (unpaired) electrons. The average Bonchev–Trinajstić information content (AvgIpc) is 2.51. The van der Waals surface area contributed by atoms with E-state index in [0.717, 1.165) is 0 Å². The SMILES string of the molecule is CC(C)(C)c1ccc([PH+](c2ccc(C(C)(C)C)cc2)C(C)(C)C)cc1.F[B-](F)(F)F. The quantitative estimate of drug-likeness (QED) is 0.256. The summed E-state index contributed by atoms with van der Waals surface area (Å²) < 4.78 is 39.0. The van der Waals surface area contributed by atoms with Crippen molar-refractivity contribution in [1.82, 2.24) is 0 Å². The minimum atomic E-state index is -6.00. The van der Waals surface area contributed by atoms with E-state index >= 15 is 0 Å². The van der Waals surface area contributed by atoms with E-state index in [1.54, 1.807) is 0 Å². The largest absolute Gasteiger partial charge is 0.673 e. The second-order valence-electron chi connectivity index (χ2n) is 10.8. The summed E-state index contributed by atoms with van der Waals surface area (Å²) in [5, 5.41) is 3.29. The predicted molar refractivity (Wildman–Crippen MR) is 128 cm³/mol. The molecule has 0 spiro atoms. The number of rotatable bonds is 2. The molecule has 0 aliphatic carbocycles. The highest BCUT2D eigenvalue weighted by atomic mass is 31.1. The van der Waals surface area contributed by atoms with Crippen molar-refractivity contribution in [1.29, 1.82) is 0 Å². The van der Waals surface area contributed by atoms with Crippen LogP contribution in [-0.4, -0.2) is 12.4 Å². The molecule has 30 heavy (non-hydrogen) atoms. The zero-order valence-electron chi connectivity index (χ0n) is 19.7. The zero-order valence-corrected chi connectivity index (χ0v) is 20.7. The number of hydrogen-bond acceptors (Lipinski definition) is 0. The molecule has 0 unspecified atom stereocenters. The second kappa shape index (κ2) is 9.43. The Balaban J connectivity index is 0.000000804. The first kappa shape index (κ1) is 26.7. The van der Waals surface area contributed by atoms with Gasteiger partial charge in [-0.05, 0) is 67.0 Å². The predicted octanol–water partition coefficient (Wildman–Crippen LogP) is 7.55. The Bertz CT molecular complexity index is 727. The molecule has 2 aromatic rings.